The number of nitrogens with one attached hydrogen (secondary N) is 1. The molecule has 0 radical (unpaired) electrons. The third kappa shape index (κ3) is 2.83. The molecule has 2 aromatic heterocycles. The van der Waals surface area contributed by atoms with Gasteiger partial charge >= 0.3 is 6.18 Å². The Morgan fingerprint density at radius 3 is 2.50 bits per heavy atom. The number of rotatable bonds is 2. The summed E-state index contributed by atoms with van der Waals surface area (Å²) in [5.41, 5.74) is -0.435. The molecule has 2 aromatic rings. The zero-order chi connectivity index (χ0) is 16.7. The third-order valence-electron chi connectivity index (χ3n) is 4.94. The molecule has 0 amide bonds. The molecule has 0 aromatic carbocycles. The monoisotopic (exact) mass is 339 g/mol. The van der Waals surface area contributed by atoms with Gasteiger partial charge in [-0.3, -0.25) is 4.68 Å². The van der Waals surface area contributed by atoms with Crippen LogP contribution in [0.2, 0.25) is 0 Å². The maximum absolute atomic E-state index is 13.6. The van der Waals surface area contributed by atoms with Gasteiger partial charge in [0.05, 0.1) is 17.0 Å². The molecule has 2 fully saturated rings. The summed E-state index contributed by atoms with van der Waals surface area (Å²) in [5.74, 6) is 0.369. The molecule has 0 atom stereocenters. The van der Waals surface area contributed by atoms with Crippen molar-refractivity contribution < 1.29 is 13.2 Å². The van der Waals surface area contributed by atoms with Crippen molar-refractivity contribution in [2.75, 3.05) is 31.1 Å². The SMILES string of the molecule is FC(F)(F)c1cc(N2CCNCC2)nc2nn(C3CCCC3)cc12. The number of alkyl halides is 3. The molecule has 0 unspecified atom stereocenters. The molecule has 130 valence electrons. The molecule has 4 rings (SSSR count). The number of aromatic nitrogens is 3. The normalized spacial score (nSPS) is 20.2. The van der Waals surface area contributed by atoms with Gasteiger partial charge in [0.2, 0.25) is 0 Å². The highest BCUT2D eigenvalue weighted by Gasteiger charge is 2.35. The first-order chi connectivity index (χ1) is 11.5. The Labute approximate surface area is 137 Å². The largest absolute Gasteiger partial charge is 0.417 e. The lowest BCUT2D eigenvalue weighted by Crippen LogP contribution is -2.44. The van der Waals surface area contributed by atoms with E-state index < -0.39 is 11.7 Å². The van der Waals surface area contributed by atoms with Crippen LogP contribution in [0, 0.1) is 0 Å². The predicted molar refractivity (Wildman–Crippen MR) is 85.1 cm³/mol. The lowest BCUT2D eigenvalue weighted by atomic mass is 10.1. The van der Waals surface area contributed by atoms with E-state index in [2.05, 4.69) is 15.4 Å². The van der Waals surface area contributed by atoms with E-state index in [-0.39, 0.29) is 17.1 Å². The molecule has 8 heteroatoms. The van der Waals surface area contributed by atoms with Gasteiger partial charge < -0.3 is 10.2 Å². The Hall–Kier alpha value is -1.83. The minimum atomic E-state index is -4.41. The zero-order valence-electron chi connectivity index (χ0n) is 13.3. The molecule has 1 saturated heterocycles. The first kappa shape index (κ1) is 15.7. The van der Waals surface area contributed by atoms with E-state index in [1.807, 2.05) is 4.90 Å². The number of hydrogen-bond donors (Lipinski definition) is 1. The van der Waals surface area contributed by atoms with Gasteiger partial charge in [0, 0.05) is 32.4 Å². The molecule has 1 aliphatic heterocycles. The second-order valence-electron chi connectivity index (χ2n) is 6.55. The van der Waals surface area contributed by atoms with Crippen LogP contribution in [0.5, 0.6) is 0 Å². The molecule has 1 saturated carbocycles. The van der Waals surface area contributed by atoms with Crippen molar-refractivity contribution in [3.8, 4) is 0 Å². The molecule has 1 N–H and O–H groups in total. The fourth-order valence-electron chi connectivity index (χ4n) is 3.65. The van der Waals surface area contributed by atoms with E-state index in [1.54, 1.807) is 4.68 Å². The summed E-state index contributed by atoms with van der Waals surface area (Å²) in [6, 6.07) is 1.37. The molecule has 0 spiro atoms. The average molecular weight is 339 g/mol. The number of anilines is 1. The number of hydrogen-bond acceptors (Lipinski definition) is 4. The highest BCUT2D eigenvalue weighted by molar-refractivity contribution is 5.81. The van der Waals surface area contributed by atoms with Crippen LogP contribution >= 0.6 is 0 Å². The molecular formula is C16H20F3N5. The van der Waals surface area contributed by atoms with Crippen LogP contribution in [0.25, 0.3) is 11.0 Å². The Balaban J connectivity index is 1.80. The quantitative estimate of drug-likeness (QED) is 0.914. The van der Waals surface area contributed by atoms with Crippen molar-refractivity contribution in [2.45, 2.75) is 37.9 Å². The molecule has 5 nitrogen and oxygen atoms in total. The molecule has 1 aliphatic carbocycles. The van der Waals surface area contributed by atoms with Gasteiger partial charge in [0.1, 0.15) is 5.82 Å². The van der Waals surface area contributed by atoms with Gasteiger partial charge in [-0.15, -0.1) is 0 Å². The van der Waals surface area contributed by atoms with Gasteiger partial charge in [0.25, 0.3) is 0 Å². The number of pyridine rings is 1. The third-order valence-corrected chi connectivity index (χ3v) is 4.94. The minimum absolute atomic E-state index is 0.105. The van der Waals surface area contributed by atoms with Gasteiger partial charge in [-0.05, 0) is 18.9 Å². The Bertz CT molecular complexity index is 727. The van der Waals surface area contributed by atoms with Crippen molar-refractivity contribution in [3.05, 3.63) is 17.8 Å². The standard InChI is InChI=1S/C16H20F3N5/c17-16(18,19)13-9-14(23-7-5-20-6-8-23)21-15-12(13)10-24(22-15)11-3-1-2-4-11/h9-11,20H,1-8H2. The second kappa shape index (κ2) is 5.91. The first-order valence-electron chi connectivity index (χ1n) is 8.45. The van der Waals surface area contributed by atoms with E-state index >= 15 is 0 Å². The van der Waals surface area contributed by atoms with Crippen LogP contribution in [0.1, 0.15) is 37.3 Å². The van der Waals surface area contributed by atoms with Crippen LogP contribution in [0.4, 0.5) is 19.0 Å². The molecular weight excluding hydrogens is 319 g/mol. The number of halogens is 3. The maximum Gasteiger partial charge on any atom is 0.417 e. The summed E-state index contributed by atoms with van der Waals surface area (Å²) in [6.07, 6.45) is 1.27. The van der Waals surface area contributed by atoms with Gasteiger partial charge in [-0.2, -0.15) is 18.3 Å². The summed E-state index contributed by atoms with van der Waals surface area (Å²) in [6.45, 7) is 2.80. The van der Waals surface area contributed by atoms with E-state index in [9.17, 15) is 13.2 Å². The number of piperazine rings is 1. The minimum Gasteiger partial charge on any atom is -0.354 e. The van der Waals surface area contributed by atoms with Crippen LogP contribution in [-0.2, 0) is 6.18 Å². The van der Waals surface area contributed by atoms with Crippen LogP contribution < -0.4 is 10.2 Å². The lowest BCUT2D eigenvalue weighted by Gasteiger charge is -2.28. The van der Waals surface area contributed by atoms with Crippen LogP contribution in [0.3, 0.4) is 0 Å². The predicted octanol–water partition coefficient (Wildman–Crippen LogP) is 2.97. The fourth-order valence-corrected chi connectivity index (χ4v) is 3.65. The van der Waals surface area contributed by atoms with Crippen molar-refractivity contribution >= 4 is 16.9 Å². The smallest absolute Gasteiger partial charge is 0.354 e. The second-order valence-corrected chi connectivity index (χ2v) is 6.55. The Morgan fingerprint density at radius 2 is 1.83 bits per heavy atom. The summed E-state index contributed by atoms with van der Waals surface area (Å²) in [4.78, 5) is 6.32. The zero-order valence-corrected chi connectivity index (χ0v) is 13.3. The summed E-state index contributed by atoms with van der Waals surface area (Å²) >= 11 is 0. The summed E-state index contributed by atoms with van der Waals surface area (Å²) < 4.78 is 42.4. The number of fused-ring (bicyclic) bond motifs is 1. The Morgan fingerprint density at radius 1 is 1.12 bits per heavy atom. The highest BCUT2D eigenvalue weighted by atomic mass is 19.4. The molecule has 2 aliphatic rings. The van der Waals surface area contributed by atoms with Crippen molar-refractivity contribution in [3.63, 3.8) is 0 Å². The average Bonchev–Trinajstić information content (AvgIpc) is 3.22. The van der Waals surface area contributed by atoms with Crippen molar-refractivity contribution in [2.24, 2.45) is 0 Å². The maximum atomic E-state index is 13.6. The fraction of sp³-hybridized carbons (Fsp3) is 0.625. The lowest BCUT2D eigenvalue weighted by molar-refractivity contribution is -0.136. The molecule has 24 heavy (non-hydrogen) atoms. The van der Waals surface area contributed by atoms with E-state index in [4.69, 9.17) is 0 Å². The number of nitrogens with zero attached hydrogens (tertiary/aromatic N) is 4. The topological polar surface area (TPSA) is 46.0 Å². The van der Waals surface area contributed by atoms with E-state index in [1.165, 1.54) is 12.3 Å². The first-order valence-corrected chi connectivity index (χ1v) is 8.45. The summed E-state index contributed by atoms with van der Waals surface area (Å²) in [5, 5.41) is 7.69. The van der Waals surface area contributed by atoms with Crippen molar-refractivity contribution in [1.29, 1.82) is 0 Å². The highest BCUT2D eigenvalue weighted by Crippen LogP contribution is 2.38. The summed E-state index contributed by atoms with van der Waals surface area (Å²) in [7, 11) is 0. The van der Waals surface area contributed by atoms with Crippen molar-refractivity contribution in [1.82, 2.24) is 20.1 Å². The van der Waals surface area contributed by atoms with Gasteiger partial charge in [-0.1, -0.05) is 12.8 Å². The Kier molecular flexibility index (Phi) is 3.86. The van der Waals surface area contributed by atoms with Gasteiger partial charge in [-0.25, -0.2) is 4.98 Å². The molecule has 3 heterocycles. The van der Waals surface area contributed by atoms with E-state index in [0.717, 1.165) is 38.8 Å². The van der Waals surface area contributed by atoms with Gasteiger partial charge in [0.15, 0.2) is 5.65 Å². The van der Waals surface area contributed by atoms with Crippen LogP contribution in [-0.4, -0.2) is 40.9 Å². The van der Waals surface area contributed by atoms with Crippen LogP contribution in [0.15, 0.2) is 12.3 Å². The molecule has 0 bridgehead atoms. The van der Waals surface area contributed by atoms with E-state index in [0.29, 0.717) is 18.9 Å².